The fourth-order valence-electron chi connectivity index (χ4n) is 1.39. The van der Waals surface area contributed by atoms with Crippen LogP contribution in [0.2, 0.25) is 5.02 Å². The van der Waals surface area contributed by atoms with Gasteiger partial charge < -0.3 is 5.32 Å². The molecule has 2 rings (SSSR count). The zero-order valence-corrected chi connectivity index (χ0v) is 9.07. The topological polar surface area (TPSA) is 42.7 Å². The third kappa shape index (κ3) is 2.27. The molecule has 0 radical (unpaired) electrons. The zero-order valence-electron chi connectivity index (χ0n) is 8.31. The first-order valence-electron chi connectivity index (χ1n) is 4.59. The average Bonchev–Trinajstić information content (AvgIpc) is 2.65. The van der Waals surface area contributed by atoms with Crippen molar-refractivity contribution in [1.29, 1.82) is 0 Å². The Labute approximate surface area is 92.9 Å². The summed E-state index contributed by atoms with van der Waals surface area (Å²) in [5.41, 5.74) is 1.08. The molecule has 5 heteroatoms. The van der Waals surface area contributed by atoms with Gasteiger partial charge >= 0.3 is 0 Å². The van der Waals surface area contributed by atoms with Crippen LogP contribution < -0.4 is 5.32 Å². The van der Waals surface area contributed by atoms with E-state index in [4.69, 9.17) is 11.6 Å². The summed E-state index contributed by atoms with van der Waals surface area (Å²) in [6.07, 6.45) is 5.16. The maximum Gasteiger partial charge on any atom is 0.130 e. The molecule has 0 aromatic carbocycles. The number of hydrogen-bond donors (Lipinski definition) is 1. The van der Waals surface area contributed by atoms with Gasteiger partial charge in [-0.15, -0.1) is 0 Å². The third-order valence-electron chi connectivity index (χ3n) is 2.06. The van der Waals surface area contributed by atoms with Crippen molar-refractivity contribution in [3.8, 4) is 0 Å². The maximum atomic E-state index is 5.79. The number of aromatic nitrogens is 3. The number of halogens is 1. The van der Waals surface area contributed by atoms with Crippen LogP contribution in [0.3, 0.4) is 0 Å². The molecule has 2 heterocycles. The summed E-state index contributed by atoms with van der Waals surface area (Å²) in [5, 5.41) is 7.80. The van der Waals surface area contributed by atoms with Crippen LogP contribution in [0.4, 0.5) is 5.82 Å². The summed E-state index contributed by atoms with van der Waals surface area (Å²) in [5.74, 6) is 0.865. The van der Waals surface area contributed by atoms with E-state index in [9.17, 15) is 0 Å². The fourth-order valence-corrected chi connectivity index (χ4v) is 1.55. The van der Waals surface area contributed by atoms with Gasteiger partial charge in [-0.3, -0.25) is 4.68 Å². The van der Waals surface area contributed by atoms with Crippen LogP contribution in [0.5, 0.6) is 0 Å². The third-order valence-corrected chi connectivity index (χ3v) is 2.26. The highest BCUT2D eigenvalue weighted by molar-refractivity contribution is 6.30. The van der Waals surface area contributed by atoms with E-state index in [-0.39, 0.29) is 0 Å². The lowest BCUT2D eigenvalue weighted by molar-refractivity contribution is 0.686. The van der Waals surface area contributed by atoms with Gasteiger partial charge in [0.15, 0.2) is 0 Å². The summed E-state index contributed by atoms with van der Waals surface area (Å²) in [6.45, 7) is 0.663. The number of anilines is 1. The van der Waals surface area contributed by atoms with Crippen molar-refractivity contribution < 1.29 is 0 Å². The highest BCUT2D eigenvalue weighted by atomic mass is 35.5. The van der Waals surface area contributed by atoms with Crippen LogP contribution in [0.15, 0.2) is 30.7 Å². The Morgan fingerprint density at radius 3 is 3.07 bits per heavy atom. The summed E-state index contributed by atoms with van der Waals surface area (Å²) in [7, 11) is 1.85. The summed E-state index contributed by atoms with van der Waals surface area (Å²) < 4.78 is 1.78. The highest BCUT2D eigenvalue weighted by Crippen LogP contribution is 2.13. The molecule has 0 saturated carbocycles. The molecule has 0 aliphatic carbocycles. The Balaban J connectivity index is 2.23. The molecule has 0 amide bonds. The summed E-state index contributed by atoms with van der Waals surface area (Å²) >= 11 is 5.79. The number of nitrogens with one attached hydrogen (secondary N) is 1. The van der Waals surface area contributed by atoms with Gasteiger partial charge in [0.25, 0.3) is 0 Å². The lowest BCUT2D eigenvalue weighted by atomic mass is 10.2. The zero-order chi connectivity index (χ0) is 10.7. The normalized spacial score (nSPS) is 10.3. The number of hydrogen-bond acceptors (Lipinski definition) is 3. The number of pyridine rings is 1. The first-order chi connectivity index (χ1) is 7.29. The molecule has 78 valence electrons. The standard InChI is InChI=1S/C10H11ClN4/c1-12-10-8(3-2-4-13-10)6-15-7-9(11)5-14-15/h2-5,7H,6H2,1H3,(H,12,13). The van der Waals surface area contributed by atoms with E-state index in [2.05, 4.69) is 15.4 Å². The minimum Gasteiger partial charge on any atom is -0.373 e. The lowest BCUT2D eigenvalue weighted by Gasteiger charge is -2.07. The van der Waals surface area contributed by atoms with E-state index < -0.39 is 0 Å². The van der Waals surface area contributed by atoms with Crippen LogP contribution in [0, 0.1) is 0 Å². The van der Waals surface area contributed by atoms with Crippen molar-refractivity contribution in [3.63, 3.8) is 0 Å². The summed E-state index contributed by atoms with van der Waals surface area (Å²) in [6, 6.07) is 3.91. The highest BCUT2D eigenvalue weighted by Gasteiger charge is 2.02. The van der Waals surface area contributed by atoms with E-state index in [0.29, 0.717) is 11.6 Å². The molecule has 4 nitrogen and oxygen atoms in total. The van der Waals surface area contributed by atoms with Crippen molar-refractivity contribution in [2.75, 3.05) is 12.4 Å². The predicted molar refractivity (Wildman–Crippen MR) is 60.1 cm³/mol. The van der Waals surface area contributed by atoms with Gasteiger partial charge in [0.1, 0.15) is 5.82 Å². The van der Waals surface area contributed by atoms with E-state index >= 15 is 0 Å². The molecule has 0 spiro atoms. The predicted octanol–water partition coefficient (Wildman–Crippen LogP) is 2.02. The molecule has 0 aliphatic rings. The lowest BCUT2D eigenvalue weighted by Crippen LogP contribution is -2.04. The van der Waals surface area contributed by atoms with Gasteiger partial charge in [0.05, 0.1) is 17.8 Å². The monoisotopic (exact) mass is 222 g/mol. The molecule has 0 aliphatic heterocycles. The van der Waals surface area contributed by atoms with Gasteiger partial charge in [0, 0.05) is 25.0 Å². The molecule has 15 heavy (non-hydrogen) atoms. The largest absolute Gasteiger partial charge is 0.373 e. The molecule has 0 saturated heterocycles. The van der Waals surface area contributed by atoms with E-state index in [0.717, 1.165) is 11.4 Å². The second-order valence-electron chi connectivity index (χ2n) is 3.12. The van der Waals surface area contributed by atoms with Gasteiger partial charge in [-0.2, -0.15) is 5.10 Å². The fraction of sp³-hybridized carbons (Fsp3) is 0.200. The smallest absolute Gasteiger partial charge is 0.130 e. The summed E-state index contributed by atoms with van der Waals surface area (Å²) in [4.78, 5) is 4.21. The molecule has 0 unspecified atom stereocenters. The van der Waals surface area contributed by atoms with Crippen molar-refractivity contribution in [3.05, 3.63) is 41.3 Å². The average molecular weight is 223 g/mol. The quantitative estimate of drug-likeness (QED) is 0.864. The van der Waals surface area contributed by atoms with Crippen molar-refractivity contribution in [1.82, 2.24) is 14.8 Å². The second kappa shape index (κ2) is 4.31. The molecular weight excluding hydrogens is 212 g/mol. The van der Waals surface area contributed by atoms with Gasteiger partial charge in [0.2, 0.25) is 0 Å². The molecule has 0 atom stereocenters. The molecule has 2 aromatic rings. The minimum atomic E-state index is 0.643. The Hall–Kier alpha value is -1.55. The van der Waals surface area contributed by atoms with Crippen molar-refractivity contribution >= 4 is 17.4 Å². The maximum absolute atomic E-state index is 5.79. The van der Waals surface area contributed by atoms with Crippen LogP contribution >= 0.6 is 11.6 Å². The van der Waals surface area contributed by atoms with Gasteiger partial charge in [-0.1, -0.05) is 17.7 Å². The molecule has 0 fully saturated rings. The number of rotatable bonds is 3. The molecule has 1 N–H and O–H groups in total. The van der Waals surface area contributed by atoms with E-state index in [1.165, 1.54) is 0 Å². The van der Waals surface area contributed by atoms with Crippen LogP contribution in [-0.4, -0.2) is 21.8 Å². The van der Waals surface area contributed by atoms with Crippen LogP contribution in [-0.2, 0) is 6.54 Å². The first kappa shape index (κ1) is 9.98. The first-order valence-corrected chi connectivity index (χ1v) is 4.97. The Morgan fingerprint density at radius 1 is 1.53 bits per heavy atom. The Morgan fingerprint density at radius 2 is 2.40 bits per heavy atom. The minimum absolute atomic E-state index is 0.643. The molecule has 0 bridgehead atoms. The van der Waals surface area contributed by atoms with Crippen LogP contribution in [0.25, 0.3) is 0 Å². The van der Waals surface area contributed by atoms with Crippen molar-refractivity contribution in [2.45, 2.75) is 6.54 Å². The SMILES string of the molecule is CNc1ncccc1Cn1cc(Cl)cn1. The number of nitrogens with zero attached hydrogens (tertiary/aromatic N) is 3. The van der Waals surface area contributed by atoms with Crippen molar-refractivity contribution in [2.24, 2.45) is 0 Å². The van der Waals surface area contributed by atoms with E-state index in [1.807, 2.05) is 19.2 Å². The molecular formula is C10H11ClN4. The van der Waals surface area contributed by atoms with Gasteiger partial charge in [-0.05, 0) is 6.07 Å². The van der Waals surface area contributed by atoms with E-state index in [1.54, 1.807) is 23.3 Å². The van der Waals surface area contributed by atoms with Gasteiger partial charge in [-0.25, -0.2) is 4.98 Å². The molecule has 2 aromatic heterocycles. The Bertz CT molecular complexity index is 452. The Kier molecular flexibility index (Phi) is 2.87. The van der Waals surface area contributed by atoms with Crippen LogP contribution in [0.1, 0.15) is 5.56 Å². The second-order valence-corrected chi connectivity index (χ2v) is 3.55.